The summed E-state index contributed by atoms with van der Waals surface area (Å²) in [5.74, 6) is 0.407. The van der Waals surface area contributed by atoms with Gasteiger partial charge in [0.2, 0.25) is 5.91 Å². The first-order chi connectivity index (χ1) is 12.1. The van der Waals surface area contributed by atoms with E-state index in [0.29, 0.717) is 22.8 Å². The van der Waals surface area contributed by atoms with Crippen LogP contribution in [0.15, 0.2) is 29.1 Å². The molecule has 2 aromatic rings. The number of halogens is 1. The number of amides is 1. The summed E-state index contributed by atoms with van der Waals surface area (Å²) in [7, 11) is 0. The van der Waals surface area contributed by atoms with Gasteiger partial charge in [-0.1, -0.05) is 43.5 Å². The summed E-state index contributed by atoms with van der Waals surface area (Å²) >= 11 is 5.97. The Kier molecular flexibility index (Phi) is 5.48. The van der Waals surface area contributed by atoms with Crippen molar-refractivity contribution in [2.24, 2.45) is 5.92 Å². The first kappa shape index (κ1) is 17.6. The zero-order valence-electron chi connectivity index (χ0n) is 14.1. The quantitative estimate of drug-likeness (QED) is 0.856. The number of H-pyrrole nitrogens is 1. The molecule has 1 fully saturated rings. The summed E-state index contributed by atoms with van der Waals surface area (Å²) in [5, 5.41) is 11.7. The van der Waals surface area contributed by atoms with Gasteiger partial charge in [-0.15, -0.1) is 10.2 Å². The lowest BCUT2D eigenvalue weighted by Gasteiger charge is -2.18. The number of rotatable bonds is 5. The molecule has 1 saturated carbocycles. The summed E-state index contributed by atoms with van der Waals surface area (Å²) < 4.78 is 0. The monoisotopic (exact) mass is 360 g/mol. The topological polar surface area (TPSA) is 87.7 Å². The fourth-order valence-electron chi connectivity index (χ4n) is 3.18. The molecule has 0 aliphatic heterocycles. The van der Waals surface area contributed by atoms with E-state index in [9.17, 15) is 9.59 Å². The second-order valence-electron chi connectivity index (χ2n) is 6.35. The Bertz CT molecular complexity index is 815. The molecule has 0 radical (unpaired) electrons. The minimum absolute atomic E-state index is 0.00414. The van der Waals surface area contributed by atoms with E-state index in [1.807, 2.05) is 6.92 Å². The smallest absolute Gasteiger partial charge is 0.275 e. The predicted octanol–water partition coefficient (Wildman–Crippen LogP) is 3.24. The van der Waals surface area contributed by atoms with E-state index in [2.05, 4.69) is 20.5 Å². The maximum atomic E-state index is 12.5. The Labute approximate surface area is 151 Å². The number of nitrogens with zero attached hydrogens (tertiary/aromatic N) is 2. The fourth-order valence-corrected chi connectivity index (χ4v) is 3.37. The highest BCUT2D eigenvalue weighted by atomic mass is 35.5. The maximum Gasteiger partial charge on any atom is 0.275 e. The molecule has 1 unspecified atom stereocenters. The number of aromatic nitrogens is 3. The van der Waals surface area contributed by atoms with Gasteiger partial charge in [0.15, 0.2) is 11.5 Å². The Morgan fingerprint density at radius 2 is 2.12 bits per heavy atom. The zero-order valence-corrected chi connectivity index (χ0v) is 14.8. The molecule has 1 amide bonds. The molecule has 0 bridgehead atoms. The van der Waals surface area contributed by atoms with Crippen molar-refractivity contribution in [3.8, 4) is 11.4 Å². The molecule has 0 saturated heterocycles. The third kappa shape index (κ3) is 4.07. The molecule has 1 atom stereocenters. The van der Waals surface area contributed by atoms with E-state index in [1.54, 1.807) is 24.3 Å². The SMILES string of the molecule is CCC(NC(=O)C1CCCC1)c1nnc(-c2cccc(Cl)c2)[nH]c1=O. The van der Waals surface area contributed by atoms with Crippen LogP contribution in [0.25, 0.3) is 11.4 Å². The van der Waals surface area contributed by atoms with Crippen LogP contribution in [0.5, 0.6) is 0 Å². The molecule has 1 aliphatic rings. The normalized spacial score (nSPS) is 15.9. The molecule has 3 rings (SSSR count). The third-order valence-corrected chi connectivity index (χ3v) is 4.84. The second kappa shape index (κ2) is 7.78. The van der Waals surface area contributed by atoms with Gasteiger partial charge in [-0.2, -0.15) is 0 Å². The zero-order chi connectivity index (χ0) is 17.8. The fraction of sp³-hybridized carbons (Fsp3) is 0.444. The lowest BCUT2D eigenvalue weighted by Crippen LogP contribution is -2.36. The highest BCUT2D eigenvalue weighted by Crippen LogP contribution is 2.26. The van der Waals surface area contributed by atoms with Crippen LogP contribution in [0, 0.1) is 5.92 Å². The van der Waals surface area contributed by atoms with E-state index in [-0.39, 0.29) is 23.1 Å². The van der Waals surface area contributed by atoms with Crippen LogP contribution in [0.2, 0.25) is 5.02 Å². The molecule has 1 aliphatic carbocycles. The van der Waals surface area contributed by atoms with E-state index >= 15 is 0 Å². The van der Waals surface area contributed by atoms with Gasteiger partial charge in [0.1, 0.15) is 0 Å². The van der Waals surface area contributed by atoms with E-state index in [1.165, 1.54) is 0 Å². The van der Waals surface area contributed by atoms with Crippen LogP contribution in [-0.2, 0) is 4.79 Å². The molecule has 0 spiro atoms. The molecule has 1 heterocycles. The van der Waals surface area contributed by atoms with Gasteiger partial charge in [0, 0.05) is 16.5 Å². The molecular weight excluding hydrogens is 340 g/mol. The lowest BCUT2D eigenvalue weighted by molar-refractivity contribution is -0.125. The standard InChI is InChI=1S/C18H21ClN4O2/c1-2-14(20-17(24)11-6-3-4-7-11)15-18(25)21-16(23-22-15)12-8-5-9-13(19)10-12/h5,8-11,14H,2-4,6-7H2,1H3,(H,20,24)(H,21,23,25). The predicted molar refractivity (Wildman–Crippen MR) is 96.2 cm³/mol. The van der Waals surface area contributed by atoms with Crippen molar-refractivity contribution in [3.63, 3.8) is 0 Å². The molecular formula is C18H21ClN4O2. The first-order valence-corrected chi connectivity index (χ1v) is 8.99. The van der Waals surface area contributed by atoms with Gasteiger partial charge in [0.25, 0.3) is 5.56 Å². The van der Waals surface area contributed by atoms with Crippen molar-refractivity contribution in [1.82, 2.24) is 20.5 Å². The molecule has 132 valence electrons. The van der Waals surface area contributed by atoms with Gasteiger partial charge in [-0.05, 0) is 31.4 Å². The number of carbonyl (C=O) groups excluding carboxylic acids is 1. The van der Waals surface area contributed by atoms with Crippen molar-refractivity contribution >= 4 is 17.5 Å². The van der Waals surface area contributed by atoms with Gasteiger partial charge >= 0.3 is 0 Å². The lowest BCUT2D eigenvalue weighted by atomic mass is 10.1. The van der Waals surface area contributed by atoms with Crippen LogP contribution in [-0.4, -0.2) is 21.1 Å². The number of nitrogens with one attached hydrogen (secondary N) is 2. The average Bonchev–Trinajstić information content (AvgIpc) is 3.14. The van der Waals surface area contributed by atoms with E-state index in [0.717, 1.165) is 25.7 Å². The van der Waals surface area contributed by atoms with E-state index in [4.69, 9.17) is 11.6 Å². The number of benzene rings is 1. The Morgan fingerprint density at radius 1 is 1.36 bits per heavy atom. The Morgan fingerprint density at radius 3 is 2.76 bits per heavy atom. The van der Waals surface area contributed by atoms with Crippen molar-refractivity contribution in [2.75, 3.05) is 0 Å². The van der Waals surface area contributed by atoms with Gasteiger partial charge in [-0.25, -0.2) is 0 Å². The summed E-state index contributed by atoms with van der Waals surface area (Å²) in [6.07, 6.45) is 4.58. The largest absolute Gasteiger partial charge is 0.347 e. The maximum absolute atomic E-state index is 12.5. The van der Waals surface area contributed by atoms with E-state index < -0.39 is 6.04 Å². The molecule has 1 aromatic heterocycles. The summed E-state index contributed by atoms with van der Waals surface area (Å²) in [6.45, 7) is 1.91. The van der Waals surface area contributed by atoms with Gasteiger partial charge in [-0.3, -0.25) is 9.59 Å². The minimum atomic E-state index is -0.433. The second-order valence-corrected chi connectivity index (χ2v) is 6.79. The summed E-state index contributed by atoms with van der Waals surface area (Å²) in [4.78, 5) is 27.5. The number of hydrogen-bond acceptors (Lipinski definition) is 4. The summed E-state index contributed by atoms with van der Waals surface area (Å²) in [5.41, 5.74) is 0.579. The van der Waals surface area contributed by atoms with Crippen molar-refractivity contribution < 1.29 is 4.79 Å². The number of aromatic amines is 1. The summed E-state index contributed by atoms with van der Waals surface area (Å²) in [6, 6.07) is 6.60. The Balaban J connectivity index is 1.81. The number of carbonyl (C=O) groups is 1. The van der Waals surface area contributed by atoms with Crippen LogP contribution in [0.3, 0.4) is 0 Å². The molecule has 25 heavy (non-hydrogen) atoms. The Hall–Kier alpha value is -2.21. The first-order valence-electron chi connectivity index (χ1n) is 8.61. The van der Waals surface area contributed by atoms with Crippen LogP contribution in [0.4, 0.5) is 0 Å². The van der Waals surface area contributed by atoms with Crippen molar-refractivity contribution in [1.29, 1.82) is 0 Å². The van der Waals surface area contributed by atoms with Gasteiger partial charge in [0.05, 0.1) is 6.04 Å². The van der Waals surface area contributed by atoms with Crippen LogP contribution in [0.1, 0.15) is 50.8 Å². The van der Waals surface area contributed by atoms with Crippen molar-refractivity contribution in [2.45, 2.75) is 45.1 Å². The number of hydrogen-bond donors (Lipinski definition) is 2. The van der Waals surface area contributed by atoms with Crippen molar-refractivity contribution in [3.05, 3.63) is 45.3 Å². The van der Waals surface area contributed by atoms with Crippen LogP contribution >= 0.6 is 11.6 Å². The highest BCUT2D eigenvalue weighted by Gasteiger charge is 2.26. The third-order valence-electron chi connectivity index (χ3n) is 4.60. The van der Waals surface area contributed by atoms with Gasteiger partial charge < -0.3 is 10.3 Å². The molecule has 6 nitrogen and oxygen atoms in total. The molecule has 1 aromatic carbocycles. The average molecular weight is 361 g/mol. The highest BCUT2D eigenvalue weighted by molar-refractivity contribution is 6.30. The molecule has 2 N–H and O–H groups in total. The van der Waals surface area contributed by atoms with Crippen LogP contribution < -0.4 is 10.9 Å². The molecule has 7 heteroatoms. The minimum Gasteiger partial charge on any atom is -0.347 e.